The smallest absolute Gasteiger partial charge is 0.254 e. The Labute approximate surface area is 127 Å². The summed E-state index contributed by atoms with van der Waals surface area (Å²) in [6.45, 7) is 3.43. The molecule has 1 aliphatic rings. The molecule has 0 bridgehead atoms. The zero-order valence-corrected chi connectivity index (χ0v) is 13.3. The van der Waals surface area contributed by atoms with Gasteiger partial charge < -0.3 is 10.2 Å². The zero-order valence-electron chi connectivity index (χ0n) is 11.7. The molecule has 20 heavy (non-hydrogen) atoms. The molecule has 6 heteroatoms. The van der Waals surface area contributed by atoms with Crippen molar-refractivity contribution in [2.75, 3.05) is 40.3 Å². The van der Waals surface area contributed by atoms with Gasteiger partial charge in [0.15, 0.2) is 0 Å². The highest BCUT2D eigenvalue weighted by Gasteiger charge is 2.23. The minimum Gasteiger partial charge on any atom is -0.350 e. The summed E-state index contributed by atoms with van der Waals surface area (Å²) in [5.74, 6) is -0.873. The number of rotatable bonds is 3. The lowest BCUT2D eigenvalue weighted by molar-refractivity contribution is 0.0877. The molecule has 0 spiro atoms. The molecule has 1 heterocycles. The minimum atomic E-state index is -0.508. The van der Waals surface area contributed by atoms with Crippen molar-refractivity contribution in [3.8, 4) is 0 Å². The van der Waals surface area contributed by atoms with E-state index >= 15 is 0 Å². The molecule has 1 aromatic carbocycles. The second kappa shape index (κ2) is 6.65. The number of hydrogen-bond donors (Lipinski definition) is 1. The number of nitrogens with zero attached hydrogens (tertiary/aromatic N) is 2. The van der Waals surface area contributed by atoms with Crippen molar-refractivity contribution in [3.63, 3.8) is 0 Å². The number of hydrogen-bond acceptors (Lipinski definition) is 3. The average Bonchev–Trinajstić information content (AvgIpc) is 2.39. The van der Waals surface area contributed by atoms with E-state index in [1.165, 1.54) is 12.1 Å². The Morgan fingerprint density at radius 1 is 1.45 bits per heavy atom. The van der Waals surface area contributed by atoms with Gasteiger partial charge in [0.05, 0.1) is 5.56 Å². The molecule has 1 atom stereocenters. The van der Waals surface area contributed by atoms with Crippen LogP contribution in [0.15, 0.2) is 22.7 Å². The van der Waals surface area contributed by atoms with E-state index < -0.39 is 5.82 Å². The summed E-state index contributed by atoms with van der Waals surface area (Å²) in [6.07, 6.45) is 0. The highest BCUT2D eigenvalue weighted by Crippen LogP contribution is 2.15. The molecule has 0 saturated carbocycles. The third-order valence-corrected chi connectivity index (χ3v) is 4.15. The van der Waals surface area contributed by atoms with E-state index in [4.69, 9.17) is 0 Å². The summed E-state index contributed by atoms with van der Waals surface area (Å²) in [7, 11) is 4.11. The fourth-order valence-electron chi connectivity index (χ4n) is 2.30. The molecule has 1 aliphatic heterocycles. The van der Waals surface area contributed by atoms with Crippen molar-refractivity contribution in [1.82, 2.24) is 15.1 Å². The van der Waals surface area contributed by atoms with Gasteiger partial charge in [0.25, 0.3) is 5.91 Å². The number of piperazine rings is 1. The molecule has 0 radical (unpaired) electrons. The first-order valence-corrected chi connectivity index (χ1v) is 7.38. The van der Waals surface area contributed by atoms with Crippen LogP contribution in [0.3, 0.4) is 0 Å². The van der Waals surface area contributed by atoms with E-state index in [9.17, 15) is 9.18 Å². The van der Waals surface area contributed by atoms with Crippen LogP contribution in [-0.4, -0.2) is 62.0 Å². The van der Waals surface area contributed by atoms with Crippen molar-refractivity contribution < 1.29 is 9.18 Å². The van der Waals surface area contributed by atoms with Gasteiger partial charge in [0.2, 0.25) is 0 Å². The molecule has 0 aromatic heterocycles. The second-order valence-electron chi connectivity index (χ2n) is 5.23. The van der Waals surface area contributed by atoms with Gasteiger partial charge in [-0.25, -0.2) is 4.39 Å². The number of carbonyl (C=O) groups is 1. The Morgan fingerprint density at radius 2 is 2.20 bits per heavy atom. The molecule has 1 fully saturated rings. The van der Waals surface area contributed by atoms with E-state index in [1.54, 1.807) is 6.07 Å². The van der Waals surface area contributed by atoms with Crippen LogP contribution >= 0.6 is 15.9 Å². The number of likely N-dealkylation sites (N-methyl/N-ethyl adjacent to an activating group) is 2. The first-order chi connectivity index (χ1) is 9.47. The lowest BCUT2D eigenvalue weighted by Crippen LogP contribution is -2.54. The number of nitrogens with one attached hydrogen (secondary N) is 1. The summed E-state index contributed by atoms with van der Waals surface area (Å²) in [4.78, 5) is 16.5. The molecule has 1 amide bonds. The van der Waals surface area contributed by atoms with Crippen LogP contribution < -0.4 is 5.32 Å². The highest BCUT2D eigenvalue weighted by atomic mass is 79.9. The first-order valence-electron chi connectivity index (χ1n) is 6.59. The van der Waals surface area contributed by atoms with Gasteiger partial charge in [0.1, 0.15) is 5.82 Å². The molecule has 1 N–H and O–H groups in total. The maximum Gasteiger partial charge on any atom is 0.254 e. The molecule has 1 aromatic rings. The molecular formula is C14H19BrFN3O. The predicted octanol–water partition coefficient (Wildman–Crippen LogP) is 1.56. The summed E-state index contributed by atoms with van der Waals surface area (Å²) >= 11 is 3.18. The Balaban J connectivity index is 1.94. The van der Waals surface area contributed by atoms with E-state index in [0.29, 0.717) is 11.0 Å². The molecular weight excluding hydrogens is 325 g/mol. The molecule has 4 nitrogen and oxygen atoms in total. The van der Waals surface area contributed by atoms with Gasteiger partial charge in [-0.3, -0.25) is 9.69 Å². The fraction of sp³-hybridized carbons (Fsp3) is 0.500. The number of amides is 1. The van der Waals surface area contributed by atoms with Gasteiger partial charge in [-0.05, 0) is 32.3 Å². The first kappa shape index (κ1) is 15.4. The standard InChI is InChI=1S/C14H19BrFN3O/c1-18-5-6-19(2)11(9-18)8-17-14(20)12-4-3-10(15)7-13(12)16/h3-4,7,11H,5-6,8-9H2,1-2H3,(H,17,20). The normalized spacial score (nSPS) is 20.9. The lowest BCUT2D eigenvalue weighted by Gasteiger charge is -2.37. The Morgan fingerprint density at radius 3 is 2.90 bits per heavy atom. The third-order valence-electron chi connectivity index (χ3n) is 3.65. The second-order valence-corrected chi connectivity index (χ2v) is 6.15. The molecule has 1 unspecified atom stereocenters. The maximum atomic E-state index is 13.7. The largest absolute Gasteiger partial charge is 0.350 e. The molecule has 110 valence electrons. The monoisotopic (exact) mass is 343 g/mol. The summed E-state index contributed by atoms with van der Waals surface area (Å²) in [5, 5.41) is 2.82. The van der Waals surface area contributed by atoms with Crippen molar-refractivity contribution in [3.05, 3.63) is 34.1 Å². The maximum absolute atomic E-state index is 13.7. The quantitative estimate of drug-likeness (QED) is 0.904. The van der Waals surface area contributed by atoms with Gasteiger partial charge in [-0.15, -0.1) is 0 Å². The van der Waals surface area contributed by atoms with Crippen molar-refractivity contribution in [2.24, 2.45) is 0 Å². The number of halogens is 2. The van der Waals surface area contributed by atoms with Gasteiger partial charge in [-0.2, -0.15) is 0 Å². The Hall–Kier alpha value is -0.980. The van der Waals surface area contributed by atoms with Crippen LogP contribution in [0.5, 0.6) is 0 Å². The van der Waals surface area contributed by atoms with Gasteiger partial charge in [-0.1, -0.05) is 15.9 Å². The third kappa shape index (κ3) is 3.77. The highest BCUT2D eigenvalue weighted by molar-refractivity contribution is 9.10. The molecule has 1 saturated heterocycles. The van der Waals surface area contributed by atoms with Crippen molar-refractivity contribution >= 4 is 21.8 Å². The van der Waals surface area contributed by atoms with Crippen LogP contribution in [-0.2, 0) is 0 Å². The van der Waals surface area contributed by atoms with Gasteiger partial charge in [0, 0.05) is 36.7 Å². The van der Waals surface area contributed by atoms with Crippen LogP contribution in [0.4, 0.5) is 4.39 Å². The Kier molecular flexibility index (Phi) is 5.12. The fourth-order valence-corrected chi connectivity index (χ4v) is 2.63. The zero-order chi connectivity index (χ0) is 14.7. The number of carbonyl (C=O) groups excluding carboxylic acids is 1. The van der Waals surface area contributed by atoms with Crippen molar-refractivity contribution in [2.45, 2.75) is 6.04 Å². The summed E-state index contributed by atoms with van der Waals surface area (Å²) < 4.78 is 14.3. The van der Waals surface area contributed by atoms with Crippen LogP contribution in [0.2, 0.25) is 0 Å². The van der Waals surface area contributed by atoms with E-state index in [1.807, 2.05) is 7.05 Å². The van der Waals surface area contributed by atoms with Crippen LogP contribution in [0.1, 0.15) is 10.4 Å². The lowest BCUT2D eigenvalue weighted by atomic mass is 10.1. The van der Waals surface area contributed by atoms with E-state index in [2.05, 4.69) is 38.1 Å². The Bertz CT molecular complexity index is 497. The average molecular weight is 344 g/mol. The SMILES string of the molecule is CN1CCN(C)C(CNC(=O)c2ccc(Br)cc2F)C1. The summed E-state index contributed by atoms with van der Waals surface area (Å²) in [5.41, 5.74) is 0.0833. The molecule has 0 aliphatic carbocycles. The van der Waals surface area contributed by atoms with Crippen molar-refractivity contribution in [1.29, 1.82) is 0 Å². The van der Waals surface area contributed by atoms with E-state index in [0.717, 1.165) is 19.6 Å². The molecule has 2 rings (SSSR count). The summed E-state index contributed by atoms with van der Waals surface area (Å²) in [6, 6.07) is 4.72. The number of benzene rings is 1. The van der Waals surface area contributed by atoms with Gasteiger partial charge >= 0.3 is 0 Å². The van der Waals surface area contributed by atoms with E-state index in [-0.39, 0.29) is 17.5 Å². The minimum absolute atomic E-state index is 0.0833. The topological polar surface area (TPSA) is 35.6 Å². The predicted molar refractivity (Wildman–Crippen MR) is 80.3 cm³/mol. The van der Waals surface area contributed by atoms with Crippen LogP contribution in [0, 0.1) is 5.82 Å². The van der Waals surface area contributed by atoms with Crippen LogP contribution in [0.25, 0.3) is 0 Å².